The van der Waals surface area contributed by atoms with Crippen LogP contribution in [0.3, 0.4) is 0 Å². The van der Waals surface area contributed by atoms with Crippen LogP contribution in [0.5, 0.6) is 5.75 Å². The first-order chi connectivity index (χ1) is 17.5. The van der Waals surface area contributed by atoms with Gasteiger partial charge >= 0.3 is 218 Å². The Balaban J connectivity index is 1.27. The fraction of sp³-hybridized carbons (Fsp3) is 0.333. The zero-order valence-corrected chi connectivity index (χ0v) is 28.3. The molecule has 0 radical (unpaired) electrons. The van der Waals surface area contributed by atoms with Crippen molar-refractivity contribution < 1.29 is 35.5 Å². The second-order valence-corrected chi connectivity index (χ2v) is 17.3. The van der Waals surface area contributed by atoms with Crippen LogP contribution in [-0.2, 0) is 20.4 Å². The van der Waals surface area contributed by atoms with Crippen molar-refractivity contribution in [1.82, 2.24) is 9.88 Å². The number of hydrogen-bond donors (Lipinski definition) is 0. The number of aromatic nitrogens is 1. The van der Waals surface area contributed by atoms with Crippen molar-refractivity contribution in [2.45, 2.75) is 12.8 Å². The van der Waals surface area contributed by atoms with E-state index in [1.165, 1.54) is 9.13 Å². The third-order valence-electron chi connectivity index (χ3n) is 5.70. The van der Waals surface area contributed by atoms with Gasteiger partial charge in [0.25, 0.3) is 0 Å². The van der Waals surface area contributed by atoms with Gasteiger partial charge in [0.2, 0.25) is 0 Å². The Morgan fingerprint density at radius 3 is 2.64 bits per heavy atom. The van der Waals surface area contributed by atoms with Crippen molar-refractivity contribution in [2.75, 3.05) is 39.5 Å². The summed E-state index contributed by atoms with van der Waals surface area (Å²) in [5.74, 6) is 1.18. The van der Waals surface area contributed by atoms with Crippen LogP contribution in [0.1, 0.15) is 11.1 Å². The van der Waals surface area contributed by atoms with E-state index >= 15 is 0 Å². The molecule has 1 unspecified atom stereocenters. The molecular formula is C27H27I4N2O3-. The molecule has 1 fully saturated rings. The van der Waals surface area contributed by atoms with Gasteiger partial charge in [-0.05, 0) is 0 Å². The van der Waals surface area contributed by atoms with Gasteiger partial charge in [-0.25, -0.2) is 0 Å². The fourth-order valence-electron chi connectivity index (χ4n) is 3.74. The van der Waals surface area contributed by atoms with Gasteiger partial charge in [-0.1, -0.05) is 0 Å². The molecule has 36 heavy (non-hydrogen) atoms. The van der Waals surface area contributed by atoms with Crippen LogP contribution in [0.25, 0.3) is 11.3 Å². The maximum absolute atomic E-state index is 12.8. The first-order valence-electron chi connectivity index (χ1n) is 11.6. The number of nitrogens with zero attached hydrogens (tertiary/aromatic N) is 2. The molecule has 0 amide bonds. The third kappa shape index (κ3) is 8.99. The summed E-state index contributed by atoms with van der Waals surface area (Å²) in [4.78, 5) is 19.8. The van der Waals surface area contributed by atoms with Gasteiger partial charge in [-0.3, -0.25) is 4.90 Å². The first kappa shape index (κ1) is 28.9. The van der Waals surface area contributed by atoms with Crippen LogP contribution < -0.4 is 25.9 Å². The van der Waals surface area contributed by atoms with E-state index in [1.807, 2.05) is 24.4 Å². The number of ether oxygens (including phenoxy) is 2. The number of Topliss-reactive ketones (excluding diaryl/α,β-unsaturated/α-hetero) is 1. The first-order valence-corrected chi connectivity index (χ1v) is 17.8. The monoisotopic (exact) mass is 935 g/mol. The average Bonchev–Trinajstić information content (AvgIpc) is 2.89. The zero-order valence-electron chi connectivity index (χ0n) is 19.6. The molecule has 3 aromatic rings. The molecule has 4 rings (SSSR count). The van der Waals surface area contributed by atoms with Gasteiger partial charge in [0, 0.05) is 19.6 Å². The minimum absolute atomic E-state index is 0.107. The van der Waals surface area contributed by atoms with Crippen molar-refractivity contribution in [2.24, 2.45) is 0 Å². The summed E-state index contributed by atoms with van der Waals surface area (Å²) in [7, 11) is 0. The quantitative estimate of drug-likeness (QED) is 0.219. The van der Waals surface area contributed by atoms with Crippen LogP contribution in [-0.4, -0.2) is 57.1 Å². The molecule has 1 aliphatic rings. The number of carbonyl (C=O) groups is 1. The van der Waals surface area contributed by atoms with Gasteiger partial charge in [0.15, 0.2) is 0 Å². The molecule has 1 aromatic heterocycles. The number of rotatable bonds is 11. The Bertz CT molecular complexity index is 1150. The van der Waals surface area contributed by atoms with Gasteiger partial charge in [0.05, 0.1) is 13.2 Å². The van der Waals surface area contributed by atoms with E-state index in [9.17, 15) is 4.79 Å². The fourth-order valence-corrected chi connectivity index (χ4v) is 8.53. The van der Waals surface area contributed by atoms with Crippen molar-refractivity contribution in [3.05, 3.63) is 79.1 Å². The Morgan fingerprint density at radius 2 is 1.92 bits per heavy atom. The minimum atomic E-state index is -0.236. The zero-order chi connectivity index (χ0) is 25.3. The molecule has 1 aliphatic heterocycles. The van der Waals surface area contributed by atoms with Crippen molar-refractivity contribution >= 4 is 73.6 Å². The van der Waals surface area contributed by atoms with Crippen LogP contribution >= 0.6 is 67.8 Å². The van der Waals surface area contributed by atoms with E-state index in [2.05, 4.69) is 114 Å². The van der Waals surface area contributed by atoms with Crippen LogP contribution in [0, 0.1) is 7.14 Å². The van der Waals surface area contributed by atoms with E-state index in [1.54, 1.807) is 0 Å². The molecule has 0 bridgehead atoms. The molecule has 192 valence electrons. The molecule has 1 saturated heterocycles. The molecule has 2 aromatic carbocycles. The van der Waals surface area contributed by atoms with Gasteiger partial charge in [-0.15, -0.1) is 0 Å². The van der Waals surface area contributed by atoms with Gasteiger partial charge in [0.1, 0.15) is 6.61 Å². The van der Waals surface area contributed by atoms with E-state index in [4.69, 9.17) is 9.47 Å². The summed E-state index contributed by atoms with van der Waals surface area (Å²) in [5.41, 5.74) is 4.29. The normalized spacial score (nSPS) is 15.1. The van der Waals surface area contributed by atoms with E-state index in [0.717, 1.165) is 63.4 Å². The number of pyridine rings is 1. The predicted octanol–water partition coefficient (Wildman–Crippen LogP) is 2.83. The summed E-state index contributed by atoms with van der Waals surface area (Å²) in [6, 6.07) is 18.7. The number of morpholine rings is 1. The standard InChI is InChI=1S/C27H27I4N2O3/c28-21-3-1-2-19(14-21)17-31-27(30)26(34)15-20-4-7-25(32-18-20)23-6-5-22(16-24(23)29)36-13-10-33-8-11-35-12-9-33/h1-7,14,16,18,27H,8-13,15,17H2/q-1. The average molecular weight is 935 g/mol. The molecule has 2 heterocycles. The van der Waals surface area contributed by atoms with Gasteiger partial charge in [-0.2, -0.15) is 0 Å². The van der Waals surface area contributed by atoms with Crippen molar-refractivity contribution in [3.63, 3.8) is 0 Å². The number of ketones is 1. The Labute approximate surface area is 264 Å². The number of hydrogen-bond acceptors (Lipinski definition) is 5. The summed E-state index contributed by atoms with van der Waals surface area (Å²) in [6.45, 7) is 5.14. The molecular weight excluding hydrogens is 908 g/mol. The molecule has 0 spiro atoms. The molecule has 5 nitrogen and oxygen atoms in total. The van der Waals surface area contributed by atoms with E-state index < -0.39 is 0 Å². The van der Waals surface area contributed by atoms with E-state index in [0.29, 0.717) is 18.8 Å². The molecule has 0 aliphatic carbocycles. The Morgan fingerprint density at radius 1 is 1.08 bits per heavy atom. The Kier molecular flexibility index (Phi) is 12.0. The van der Waals surface area contributed by atoms with Crippen molar-refractivity contribution in [1.29, 1.82) is 0 Å². The topological polar surface area (TPSA) is 51.7 Å². The number of halogens is 4. The number of benzene rings is 2. The number of carbonyl (C=O) groups excluding carboxylic acids is 1. The SMILES string of the molecule is O=C(Cc1ccc(-c2ccc(OCCN3CCOCC3)cc2I)nc1)C(I)[I-]Cc1cccc(I)c1. The third-order valence-corrected chi connectivity index (χ3v) is 13.0. The van der Waals surface area contributed by atoms with Gasteiger partial charge < -0.3 is 4.74 Å². The van der Waals surface area contributed by atoms with Crippen molar-refractivity contribution in [3.8, 4) is 17.0 Å². The summed E-state index contributed by atoms with van der Waals surface area (Å²) in [5, 5.41) is 0. The summed E-state index contributed by atoms with van der Waals surface area (Å²) in [6.07, 6.45) is 2.29. The van der Waals surface area contributed by atoms with Crippen LogP contribution in [0.15, 0.2) is 60.8 Å². The van der Waals surface area contributed by atoms with E-state index in [-0.39, 0.29) is 23.1 Å². The number of alkyl halides is 3. The second kappa shape index (κ2) is 14.9. The van der Waals surface area contributed by atoms with Crippen LogP contribution in [0.4, 0.5) is 0 Å². The molecule has 1 atom stereocenters. The molecule has 0 saturated carbocycles. The second-order valence-electron chi connectivity index (χ2n) is 8.36. The summed E-state index contributed by atoms with van der Waals surface area (Å²) >= 11 is 6.77. The summed E-state index contributed by atoms with van der Waals surface area (Å²) < 4.78 is 14.8. The molecule has 0 N–H and O–H groups in total. The predicted molar refractivity (Wildman–Crippen MR) is 165 cm³/mol. The maximum atomic E-state index is 12.8. The molecule has 9 heteroatoms. The Hall–Kier alpha value is -0.100. The van der Waals surface area contributed by atoms with Crippen LogP contribution in [0.2, 0.25) is 0 Å².